The van der Waals surface area contributed by atoms with Crippen LogP contribution in [0.1, 0.15) is 12.5 Å². The third kappa shape index (κ3) is 2.81. The minimum Gasteiger partial charge on any atom is -1.00 e. The van der Waals surface area contributed by atoms with Gasteiger partial charge in [0.1, 0.15) is 0 Å². The first-order valence-corrected chi connectivity index (χ1v) is 4.18. The molecular formula is C12H11ClMg. The van der Waals surface area contributed by atoms with E-state index in [9.17, 15) is 0 Å². The van der Waals surface area contributed by atoms with Gasteiger partial charge in [0.25, 0.3) is 0 Å². The Hall–Kier alpha value is -0.374. The molecule has 14 heavy (non-hydrogen) atoms. The van der Waals surface area contributed by atoms with Crippen molar-refractivity contribution in [2.75, 3.05) is 0 Å². The van der Waals surface area contributed by atoms with Crippen molar-refractivity contribution in [2.24, 2.45) is 0 Å². The molecule has 68 valence electrons. The summed E-state index contributed by atoms with van der Waals surface area (Å²) in [5, 5.41) is 2.62. The number of fused-ring (bicyclic) bond motifs is 1. The van der Waals surface area contributed by atoms with E-state index in [0.29, 0.717) is 0 Å². The molecule has 2 rings (SSSR count). The standard InChI is InChI=1S/C12H11.ClH.Mg/c1-2-10-7-8-11-5-3-4-6-12(11)9-10;;/h2-9H,1H3;1H;/q-1;;+2/p-1. The van der Waals surface area contributed by atoms with Crippen LogP contribution < -0.4 is 12.4 Å². The molecule has 0 aromatic heterocycles. The normalized spacial score (nSPS) is 8.64. The fourth-order valence-corrected chi connectivity index (χ4v) is 1.39. The summed E-state index contributed by atoms with van der Waals surface area (Å²) in [6, 6.07) is 14.9. The molecule has 2 aromatic carbocycles. The van der Waals surface area contributed by atoms with Gasteiger partial charge in [-0.3, -0.25) is 0 Å². The second-order valence-corrected chi connectivity index (χ2v) is 2.90. The van der Waals surface area contributed by atoms with Crippen LogP contribution in [0.15, 0.2) is 42.5 Å². The Bertz CT molecular complexity index is 398. The van der Waals surface area contributed by atoms with Crippen molar-refractivity contribution in [1.29, 1.82) is 0 Å². The Balaban J connectivity index is 0.000000845. The van der Waals surface area contributed by atoms with E-state index >= 15 is 0 Å². The van der Waals surface area contributed by atoms with Gasteiger partial charge in [-0.2, -0.15) is 24.1 Å². The van der Waals surface area contributed by atoms with Gasteiger partial charge in [-0.05, 0) is 5.39 Å². The molecule has 2 aromatic rings. The number of benzene rings is 2. The molecule has 0 atom stereocenters. The van der Waals surface area contributed by atoms with Crippen molar-refractivity contribution < 1.29 is 12.4 Å². The quantitative estimate of drug-likeness (QED) is 0.465. The molecule has 0 bridgehead atoms. The summed E-state index contributed by atoms with van der Waals surface area (Å²) in [5.74, 6) is 0. The molecule has 0 aliphatic rings. The van der Waals surface area contributed by atoms with Crippen molar-refractivity contribution in [3.8, 4) is 0 Å². The van der Waals surface area contributed by atoms with E-state index in [2.05, 4.69) is 55.8 Å². The van der Waals surface area contributed by atoms with E-state index in [4.69, 9.17) is 0 Å². The third-order valence-electron chi connectivity index (χ3n) is 2.11. The molecule has 0 amide bonds. The maximum absolute atomic E-state index is 2.20. The number of hydrogen-bond donors (Lipinski definition) is 0. The predicted molar refractivity (Wildman–Crippen MR) is 58.8 cm³/mol. The minimum atomic E-state index is 0. The zero-order chi connectivity index (χ0) is 8.39. The van der Waals surface area contributed by atoms with Crippen LogP contribution in [0.25, 0.3) is 10.8 Å². The van der Waals surface area contributed by atoms with Gasteiger partial charge < -0.3 is 12.4 Å². The van der Waals surface area contributed by atoms with Crippen LogP contribution in [0.3, 0.4) is 0 Å². The molecule has 0 fully saturated rings. The summed E-state index contributed by atoms with van der Waals surface area (Å²) in [5.41, 5.74) is 1.29. The first-order chi connectivity index (χ1) is 5.90. The van der Waals surface area contributed by atoms with E-state index in [1.54, 1.807) is 0 Å². The summed E-state index contributed by atoms with van der Waals surface area (Å²) in [6.07, 6.45) is 2.12. The minimum absolute atomic E-state index is 0. The van der Waals surface area contributed by atoms with Crippen molar-refractivity contribution in [2.45, 2.75) is 6.92 Å². The van der Waals surface area contributed by atoms with Crippen molar-refractivity contribution in [3.63, 3.8) is 0 Å². The van der Waals surface area contributed by atoms with E-state index < -0.39 is 0 Å². The first kappa shape index (κ1) is 13.6. The van der Waals surface area contributed by atoms with E-state index in [-0.39, 0.29) is 35.5 Å². The fourth-order valence-electron chi connectivity index (χ4n) is 1.39. The van der Waals surface area contributed by atoms with Gasteiger partial charge in [-0.25, -0.2) is 0 Å². The predicted octanol–water partition coefficient (Wildman–Crippen LogP) is 0.0353. The molecule has 0 saturated carbocycles. The molecule has 0 spiro atoms. The second-order valence-electron chi connectivity index (χ2n) is 2.90. The summed E-state index contributed by atoms with van der Waals surface area (Å²) in [4.78, 5) is 0. The monoisotopic (exact) mass is 214 g/mol. The molecule has 0 heterocycles. The average molecular weight is 215 g/mol. The number of hydrogen-bond acceptors (Lipinski definition) is 0. The first-order valence-electron chi connectivity index (χ1n) is 4.18. The number of rotatable bonds is 1. The number of halogens is 1. The SMILES string of the molecule is C[CH-]c1ccc2ccccc2c1.[Cl-].[Mg+2]. The Labute approximate surface area is 107 Å². The summed E-state index contributed by atoms with van der Waals surface area (Å²) in [6.45, 7) is 2.06. The van der Waals surface area contributed by atoms with Gasteiger partial charge in [0.15, 0.2) is 0 Å². The molecule has 2 heteroatoms. The van der Waals surface area contributed by atoms with Gasteiger partial charge in [0.2, 0.25) is 0 Å². The zero-order valence-corrected chi connectivity index (χ0v) is 10.4. The fraction of sp³-hybridized carbons (Fsp3) is 0.0833. The second kappa shape index (κ2) is 6.17. The van der Waals surface area contributed by atoms with Crippen molar-refractivity contribution in [1.82, 2.24) is 0 Å². The Morgan fingerprint density at radius 1 is 0.929 bits per heavy atom. The average Bonchev–Trinajstić information content (AvgIpc) is 2.17. The maximum Gasteiger partial charge on any atom is 2.00 e. The summed E-state index contributed by atoms with van der Waals surface area (Å²) >= 11 is 0. The van der Waals surface area contributed by atoms with Gasteiger partial charge >= 0.3 is 23.1 Å². The molecule has 0 radical (unpaired) electrons. The van der Waals surface area contributed by atoms with Crippen LogP contribution in [0.5, 0.6) is 0 Å². The zero-order valence-electron chi connectivity index (χ0n) is 8.20. The topological polar surface area (TPSA) is 0 Å². The van der Waals surface area contributed by atoms with Crippen LogP contribution in [0.4, 0.5) is 0 Å². The Kier molecular flexibility index (Phi) is 6.01. The van der Waals surface area contributed by atoms with Crippen LogP contribution in [-0.2, 0) is 0 Å². The van der Waals surface area contributed by atoms with Crippen LogP contribution in [-0.4, -0.2) is 23.1 Å². The summed E-state index contributed by atoms with van der Waals surface area (Å²) in [7, 11) is 0. The molecule has 0 aliphatic heterocycles. The van der Waals surface area contributed by atoms with Crippen LogP contribution in [0, 0.1) is 6.42 Å². The van der Waals surface area contributed by atoms with Crippen LogP contribution >= 0.6 is 0 Å². The summed E-state index contributed by atoms with van der Waals surface area (Å²) < 4.78 is 0. The maximum atomic E-state index is 2.20. The Morgan fingerprint density at radius 2 is 1.57 bits per heavy atom. The molecule has 0 saturated heterocycles. The van der Waals surface area contributed by atoms with Gasteiger partial charge in [-0.1, -0.05) is 36.6 Å². The third-order valence-corrected chi connectivity index (χ3v) is 2.11. The van der Waals surface area contributed by atoms with Gasteiger partial charge in [-0.15, -0.1) is 6.07 Å². The van der Waals surface area contributed by atoms with Crippen molar-refractivity contribution >= 4 is 33.8 Å². The van der Waals surface area contributed by atoms with E-state index in [1.807, 2.05) is 0 Å². The molecule has 0 N–H and O–H groups in total. The van der Waals surface area contributed by atoms with E-state index in [0.717, 1.165) is 0 Å². The largest absolute Gasteiger partial charge is 2.00 e. The smallest absolute Gasteiger partial charge is 1.00 e. The van der Waals surface area contributed by atoms with E-state index in [1.165, 1.54) is 16.3 Å². The van der Waals surface area contributed by atoms with Crippen LogP contribution in [0.2, 0.25) is 0 Å². The molecule has 0 aliphatic carbocycles. The molecular weight excluding hydrogens is 204 g/mol. The van der Waals surface area contributed by atoms with Gasteiger partial charge in [0, 0.05) is 0 Å². The Morgan fingerprint density at radius 3 is 2.21 bits per heavy atom. The van der Waals surface area contributed by atoms with Gasteiger partial charge in [0.05, 0.1) is 0 Å². The van der Waals surface area contributed by atoms with Crippen molar-refractivity contribution in [3.05, 3.63) is 54.4 Å². The molecule has 0 unspecified atom stereocenters. The molecule has 0 nitrogen and oxygen atoms in total.